The monoisotopic (exact) mass is 396 g/mol. The number of aromatic amines is 1. The molecule has 1 heterocycles. The Hall–Kier alpha value is -2.82. The number of nitrogens with one attached hydrogen (secondary N) is 1. The molecule has 0 amide bonds. The number of halogens is 2. The van der Waals surface area contributed by atoms with Crippen LogP contribution in [0, 0.1) is 0 Å². The SMILES string of the molecule is O=c1[nH]c(-c2ccc(OCc3ccc(Cl)c(Cl)c3)cc2)nc2ccccc12. The van der Waals surface area contributed by atoms with Gasteiger partial charge in [0.2, 0.25) is 0 Å². The van der Waals surface area contributed by atoms with Gasteiger partial charge in [-0.25, -0.2) is 4.98 Å². The highest BCUT2D eigenvalue weighted by Crippen LogP contribution is 2.24. The standard InChI is InChI=1S/C21H14Cl2N2O2/c22-17-10-5-13(11-18(17)23)12-27-15-8-6-14(7-9-15)20-24-19-4-2-1-3-16(19)21(26)25-20/h1-11H,12H2,(H,24,25,26). The second-order valence-corrected chi connectivity index (χ2v) is 6.81. The molecule has 134 valence electrons. The maximum Gasteiger partial charge on any atom is 0.259 e. The number of hydrogen-bond donors (Lipinski definition) is 1. The Morgan fingerprint density at radius 3 is 2.48 bits per heavy atom. The van der Waals surface area contributed by atoms with E-state index in [0.717, 1.165) is 11.1 Å². The third kappa shape index (κ3) is 3.82. The van der Waals surface area contributed by atoms with E-state index in [1.54, 1.807) is 18.2 Å². The lowest BCUT2D eigenvalue weighted by atomic mass is 10.2. The van der Waals surface area contributed by atoms with Crippen LogP contribution in [0.5, 0.6) is 5.75 Å². The van der Waals surface area contributed by atoms with Gasteiger partial charge in [-0.1, -0.05) is 41.4 Å². The van der Waals surface area contributed by atoms with Crippen molar-refractivity contribution in [1.29, 1.82) is 0 Å². The van der Waals surface area contributed by atoms with Crippen LogP contribution in [0.4, 0.5) is 0 Å². The minimum absolute atomic E-state index is 0.157. The molecule has 0 atom stereocenters. The fourth-order valence-corrected chi connectivity index (χ4v) is 3.05. The molecule has 0 saturated heterocycles. The summed E-state index contributed by atoms with van der Waals surface area (Å²) in [5, 5.41) is 1.59. The van der Waals surface area contributed by atoms with Crippen molar-refractivity contribution in [2.45, 2.75) is 6.61 Å². The summed E-state index contributed by atoms with van der Waals surface area (Å²) in [5.41, 5.74) is 2.24. The molecule has 0 aliphatic carbocycles. The zero-order valence-corrected chi connectivity index (χ0v) is 15.6. The molecule has 4 nitrogen and oxygen atoms in total. The average molecular weight is 397 g/mol. The quantitative estimate of drug-likeness (QED) is 0.497. The van der Waals surface area contributed by atoms with E-state index in [4.69, 9.17) is 27.9 Å². The zero-order chi connectivity index (χ0) is 18.8. The van der Waals surface area contributed by atoms with Crippen molar-refractivity contribution < 1.29 is 4.74 Å². The van der Waals surface area contributed by atoms with E-state index < -0.39 is 0 Å². The molecule has 6 heteroatoms. The highest BCUT2D eigenvalue weighted by molar-refractivity contribution is 6.42. The molecule has 0 radical (unpaired) electrons. The van der Waals surface area contributed by atoms with Crippen LogP contribution in [-0.4, -0.2) is 9.97 Å². The normalized spacial score (nSPS) is 10.9. The molecule has 0 fully saturated rings. The van der Waals surface area contributed by atoms with Crippen LogP contribution in [0.2, 0.25) is 10.0 Å². The van der Waals surface area contributed by atoms with Crippen molar-refractivity contribution in [2.75, 3.05) is 0 Å². The summed E-state index contributed by atoms with van der Waals surface area (Å²) in [6.45, 7) is 0.376. The van der Waals surface area contributed by atoms with Gasteiger partial charge in [-0.15, -0.1) is 0 Å². The Labute approximate surface area is 165 Å². The molecular formula is C21H14Cl2N2O2. The number of benzene rings is 3. The van der Waals surface area contributed by atoms with E-state index in [0.29, 0.717) is 39.1 Å². The molecule has 0 spiro atoms. The smallest absolute Gasteiger partial charge is 0.259 e. The van der Waals surface area contributed by atoms with Gasteiger partial charge in [0.05, 0.1) is 20.9 Å². The number of rotatable bonds is 4. The molecule has 0 bridgehead atoms. The average Bonchev–Trinajstić information content (AvgIpc) is 2.69. The molecule has 0 saturated carbocycles. The summed E-state index contributed by atoms with van der Waals surface area (Å²) in [6, 6.07) is 20.0. The Balaban J connectivity index is 1.53. The summed E-state index contributed by atoms with van der Waals surface area (Å²) in [6.07, 6.45) is 0. The minimum Gasteiger partial charge on any atom is -0.489 e. The van der Waals surface area contributed by atoms with Gasteiger partial charge >= 0.3 is 0 Å². The lowest BCUT2D eigenvalue weighted by molar-refractivity contribution is 0.306. The Kier molecular flexibility index (Phi) is 4.84. The van der Waals surface area contributed by atoms with Gasteiger partial charge in [0, 0.05) is 5.56 Å². The predicted octanol–water partition coefficient (Wildman–Crippen LogP) is 5.48. The van der Waals surface area contributed by atoms with Crippen LogP contribution in [0.1, 0.15) is 5.56 Å². The third-order valence-corrected chi connectivity index (χ3v) is 4.87. The van der Waals surface area contributed by atoms with Crippen molar-refractivity contribution in [3.8, 4) is 17.1 Å². The van der Waals surface area contributed by atoms with Crippen LogP contribution in [0.3, 0.4) is 0 Å². The molecule has 1 aromatic heterocycles. The van der Waals surface area contributed by atoms with Crippen molar-refractivity contribution in [3.63, 3.8) is 0 Å². The molecule has 4 rings (SSSR count). The van der Waals surface area contributed by atoms with Crippen LogP contribution in [0.15, 0.2) is 71.5 Å². The first-order valence-corrected chi connectivity index (χ1v) is 9.02. The Morgan fingerprint density at radius 1 is 0.926 bits per heavy atom. The van der Waals surface area contributed by atoms with Crippen molar-refractivity contribution in [2.24, 2.45) is 0 Å². The number of H-pyrrole nitrogens is 1. The van der Waals surface area contributed by atoms with E-state index in [2.05, 4.69) is 9.97 Å². The summed E-state index contributed by atoms with van der Waals surface area (Å²) in [4.78, 5) is 19.6. The molecule has 0 unspecified atom stereocenters. The van der Waals surface area contributed by atoms with E-state index in [9.17, 15) is 4.79 Å². The first kappa shape index (κ1) is 17.6. The summed E-state index contributed by atoms with van der Waals surface area (Å²) in [5.74, 6) is 1.22. The van der Waals surface area contributed by atoms with Crippen LogP contribution >= 0.6 is 23.2 Å². The predicted molar refractivity (Wildman–Crippen MR) is 109 cm³/mol. The maximum absolute atomic E-state index is 12.2. The number of nitrogens with zero attached hydrogens (tertiary/aromatic N) is 1. The van der Waals surface area contributed by atoms with Gasteiger partial charge in [0.1, 0.15) is 18.2 Å². The zero-order valence-electron chi connectivity index (χ0n) is 14.1. The molecule has 0 aliphatic heterocycles. The summed E-state index contributed by atoms with van der Waals surface area (Å²) < 4.78 is 5.78. The third-order valence-electron chi connectivity index (χ3n) is 4.13. The fourth-order valence-electron chi connectivity index (χ4n) is 2.73. The van der Waals surface area contributed by atoms with Gasteiger partial charge in [-0.05, 0) is 54.1 Å². The van der Waals surface area contributed by atoms with Gasteiger partial charge in [-0.3, -0.25) is 4.79 Å². The first-order chi connectivity index (χ1) is 13.1. The molecular weight excluding hydrogens is 383 g/mol. The Morgan fingerprint density at radius 2 is 1.70 bits per heavy atom. The van der Waals surface area contributed by atoms with Crippen molar-refractivity contribution in [1.82, 2.24) is 9.97 Å². The molecule has 1 N–H and O–H groups in total. The Bertz CT molecular complexity index is 1170. The van der Waals surface area contributed by atoms with Crippen molar-refractivity contribution >= 4 is 34.1 Å². The second kappa shape index (κ2) is 7.43. The van der Waals surface area contributed by atoms with Crippen molar-refractivity contribution in [3.05, 3.63) is 92.7 Å². The first-order valence-electron chi connectivity index (χ1n) is 8.26. The number of ether oxygens (including phenoxy) is 1. The summed E-state index contributed by atoms with van der Waals surface area (Å²) >= 11 is 11.9. The highest BCUT2D eigenvalue weighted by atomic mass is 35.5. The number of para-hydroxylation sites is 1. The highest BCUT2D eigenvalue weighted by Gasteiger charge is 2.06. The molecule has 3 aromatic carbocycles. The van der Waals surface area contributed by atoms with Gasteiger partial charge in [0.25, 0.3) is 5.56 Å². The molecule has 27 heavy (non-hydrogen) atoms. The largest absolute Gasteiger partial charge is 0.489 e. The van der Waals surface area contributed by atoms with Gasteiger partial charge in [-0.2, -0.15) is 0 Å². The van der Waals surface area contributed by atoms with Crippen LogP contribution < -0.4 is 10.3 Å². The lowest BCUT2D eigenvalue weighted by Crippen LogP contribution is -2.09. The van der Waals surface area contributed by atoms with E-state index >= 15 is 0 Å². The van der Waals surface area contributed by atoms with Crippen LogP contribution in [-0.2, 0) is 6.61 Å². The van der Waals surface area contributed by atoms with E-state index in [1.165, 1.54) is 0 Å². The fraction of sp³-hybridized carbons (Fsp3) is 0.0476. The maximum atomic E-state index is 12.2. The molecule has 0 aliphatic rings. The van der Waals surface area contributed by atoms with Crippen LogP contribution in [0.25, 0.3) is 22.3 Å². The van der Waals surface area contributed by atoms with E-state index in [-0.39, 0.29) is 5.56 Å². The minimum atomic E-state index is -0.157. The number of hydrogen-bond acceptors (Lipinski definition) is 3. The van der Waals surface area contributed by atoms with E-state index in [1.807, 2.05) is 48.5 Å². The summed E-state index contributed by atoms with van der Waals surface area (Å²) in [7, 11) is 0. The van der Waals surface area contributed by atoms with Gasteiger partial charge in [0.15, 0.2) is 0 Å². The number of aromatic nitrogens is 2. The lowest BCUT2D eigenvalue weighted by Gasteiger charge is -2.08. The number of fused-ring (bicyclic) bond motifs is 1. The van der Waals surface area contributed by atoms with Gasteiger partial charge < -0.3 is 9.72 Å². The topological polar surface area (TPSA) is 55.0 Å². The molecule has 4 aromatic rings. The second-order valence-electron chi connectivity index (χ2n) is 5.99.